The molecule has 1 saturated heterocycles. The van der Waals surface area contributed by atoms with Crippen molar-refractivity contribution in [3.05, 3.63) is 28.8 Å². The molecule has 21 heavy (non-hydrogen) atoms. The van der Waals surface area contributed by atoms with E-state index in [1.807, 2.05) is 20.8 Å². The highest BCUT2D eigenvalue weighted by Crippen LogP contribution is 2.33. The number of amides is 1. The lowest BCUT2D eigenvalue weighted by Gasteiger charge is -2.35. The number of rotatable bonds is 3. The molecule has 1 aromatic rings. The van der Waals surface area contributed by atoms with Gasteiger partial charge in [-0.2, -0.15) is 0 Å². The first-order valence-corrected chi connectivity index (χ1v) is 7.54. The van der Waals surface area contributed by atoms with Crippen LogP contribution in [-0.4, -0.2) is 24.1 Å². The molecule has 1 aromatic carbocycles. The van der Waals surface area contributed by atoms with Gasteiger partial charge < -0.3 is 15.8 Å². The molecule has 1 aliphatic rings. The van der Waals surface area contributed by atoms with E-state index in [9.17, 15) is 4.79 Å². The van der Waals surface area contributed by atoms with E-state index in [0.717, 1.165) is 16.8 Å². The number of nitrogens with two attached hydrogens (primary N) is 1. The first kappa shape index (κ1) is 15.9. The van der Waals surface area contributed by atoms with Gasteiger partial charge in [-0.15, -0.1) is 0 Å². The van der Waals surface area contributed by atoms with Crippen molar-refractivity contribution in [2.24, 2.45) is 11.1 Å². The molecule has 5 heteroatoms. The molecule has 1 fully saturated rings. The zero-order valence-corrected chi connectivity index (χ0v) is 13.6. The maximum Gasteiger partial charge on any atom is 0.237 e. The second kappa shape index (κ2) is 6.12. The van der Waals surface area contributed by atoms with Crippen LogP contribution in [0.5, 0.6) is 0 Å². The largest absolute Gasteiger partial charge is 0.392 e. The number of anilines is 1. The molecule has 0 aromatic heterocycles. The highest BCUT2D eigenvalue weighted by molar-refractivity contribution is 7.80. The van der Waals surface area contributed by atoms with Gasteiger partial charge in [0.25, 0.3) is 0 Å². The number of hydrogen-bond donors (Lipinski definition) is 2. The molecule has 0 bridgehead atoms. The Morgan fingerprint density at radius 1 is 1.24 bits per heavy atom. The Hall–Kier alpha value is -1.46. The number of carbonyl (C=O) groups is 1. The fourth-order valence-corrected chi connectivity index (χ4v) is 3.21. The molecule has 114 valence electrons. The highest BCUT2D eigenvalue weighted by atomic mass is 32.1. The Balaban J connectivity index is 2.30. The molecule has 1 heterocycles. The third kappa shape index (κ3) is 3.09. The normalized spacial score (nSPS) is 17.3. The fraction of sp³-hybridized carbons (Fsp3) is 0.500. The van der Waals surface area contributed by atoms with Crippen molar-refractivity contribution in [3.8, 4) is 0 Å². The van der Waals surface area contributed by atoms with Crippen LogP contribution in [0.1, 0.15) is 29.5 Å². The summed E-state index contributed by atoms with van der Waals surface area (Å²) in [5.74, 6) is -0.117. The Labute approximate surface area is 131 Å². The summed E-state index contributed by atoms with van der Waals surface area (Å²) in [5, 5.41) is 3.04. The average Bonchev–Trinajstić information content (AvgIpc) is 2.43. The molecule has 0 spiro atoms. The molecule has 1 aliphatic heterocycles. The van der Waals surface area contributed by atoms with Gasteiger partial charge in [0.05, 0.1) is 4.99 Å². The minimum absolute atomic E-state index is 0.117. The quantitative estimate of drug-likeness (QED) is 0.843. The van der Waals surface area contributed by atoms with Crippen molar-refractivity contribution < 1.29 is 9.53 Å². The molecular formula is C16H22N2O2S. The van der Waals surface area contributed by atoms with E-state index < -0.39 is 5.41 Å². The number of aryl methyl sites for hydroxylation is 3. The molecule has 0 saturated carbocycles. The molecule has 2 rings (SSSR count). The fourth-order valence-electron chi connectivity index (χ4n) is 2.92. The van der Waals surface area contributed by atoms with Gasteiger partial charge in [0.2, 0.25) is 5.91 Å². The van der Waals surface area contributed by atoms with Gasteiger partial charge in [-0.25, -0.2) is 0 Å². The predicted molar refractivity (Wildman–Crippen MR) is 88.6 cm³/mol. The van der Waals surface area contributed by atoms with Crippen molar-refractivity contribution in [1.82, 2.24) is 0 Å². The van der Waals surface area contributed by atoms with Crippen molar-refractivity contribution in [1.29, 1.82) is 0 Å². The molecule has 1 amide bonds. The second-order valence-electron chi connectivity index (χ2n) is 5.79. The number of hydrogen-bond acceptors (Lipinski definition) is 3. The van der Waals surface area contributed by atoms with Gasteiger partial charge in [-0.05, 0) is 44.7 Å². The van der Waals surface area contributed by atoms with Gasteiger partial charge in [0.15, 0.2) is 0 Å². The Kier molecular flexibility index (Phi) is 4.64. The standard InChI is InChI=1S/C16H22N2O2S/c1-10-8-11(2)13(12(3)9-10)18-15(19)16(14(17)21)4-6-20-7-5-16/h8-9H,4-7H2,1-3H3,(H2,17,21)(H,18,19). The Bertz CT molecular complexity index is 555. The molecule has 0 radical (unpaired) electrons. The van der Waals surface area contributed by atoms with E-state index in [1.54, 1.807) is 0 Å². The Morgan fingerprint density at radius 3 is 2.24 bits per heavy atom. The number of nitrogens with one attached hydrogen (secondary N) is 1. The minimum atomic E-state index is -0.794. The van der Waals surface area contributed by atoms with Crippen LogP contribution < -0.4 is 11.1 Å². The zero-order chi connectivity index (χ0) is 15.6. The van der Waals surface area contributed by atoms with Gasteiger partial charge in [0.1, 0.15) is 5.41 Å². The van der Waals surface area contributed by atoms with Crippen LogP contribution in [0.15, 0.2) is 12.1 Å². The van der Waals surface area contributed by atoms with Crippen LogP contribution in [-0.2, 0) is 9.53 Å². The zero-order valence-electron chi connectivity index (χ0n) is 12.8. The number of ether oxygens (including phenoxy) is 1. The SMILES string of the molecule is Cc1cc(C)c(NC(=O)C2(C(N)=S)CCOCC2)c(C)c1. The lowest BCUT2D eigenvalue weighted by Crippen LogP contribution is -2.49. The number of benzene rings is 1. The minimum Gasteiger partial charge on any atom is -0.392 e. The van der Waals surface area contributed by atoms with Crippen molar-refractivity contribution >= 4 is 28.8 Å². The third-order valence-corrected chi connectivity index (χ3v) is 4.56. The van der Waals surface area contributed by atoms with Gasteiger partial charge in [-0.1, -0.05) is 29.9 Å². The summed E-state index contributed by atoms with van der Waals surface area (Å²) < 4.78 is 5.34. The summed E-state index contributed by atoms with van der Waals surface area (Å²) in [6, 6.07) is 4.11. The maximum absolute atomic E-state index is 12.8. The summed E-state index contributed by atoms with van der Waals surface area (Å²) >= 11 is 5.17. The van der Waals surface area contributed by atoms with Crippen LogP contribution >= 0.6 is 12.2 Å². The molecule has 0 aliphatic carbocycles. The summed E-state index contributed by atoms with van der Waals surface area (Å²) in [6.07, 6.45) is 1.08. The maximum atomic E-state index is 12.8. The van der Waals surface area contributed by atoms with Gasteiger partial charge in [0, 0.05) is 18.9 Å². The summed E-state index contributed by atoms with van der Waals surface area (Å²) in [7, 11) is 0. The smallest absolute Gasteiger partial charge is 0.237 e. The topological polar surface area (TPSA) is 64.4 Å². The summed E-state index contributed by atoms with van der Waals surface area (Å²) in [6.45, 7) is 7.05. The second-order valence-corrected chi connectivity index (χ2v) is 6.23. The lowest BCUT2D eigenvalue weighted by molar-refractivity contribution is -0.126. The van der Waals surface area contributed by atoms with Crippen molar-refractivity contribution in [2.75, 3.05) is 18.5 Å². The van der Waals surface area contributed by atoms with E-state index in [4.69, 9.17) is 22.7 Å². The van der Waals surface area contributed by atoms with E-state index in [0.29, 0.717) is 26.1 Å². The summed E-state index contributed by atoms with van der Waals surface area (Å²) in [4.78, 5) is 13.0. The first-order chi connectivity index (χ1) is 9.86. The van der Waals surface area contributed by atoms with Crippen LogP contribution in [0.25, 0.3) is 0 Å². The van der Waals surface area contributed by atoms with E-state index in [1.165, 1.54) is 5.56 Å². The Morgan fingerprint density at radius 2 is 1.76 bits per heavy atom. The highest BCUT2D eigenvalue weighted by Gasteiger charge is 2.43. The molecule has 3 N–H and O–H groups in total. The summed E-state index contributed by atoms with van der Waals surface area (Å²) in [5.41, 5.74) is 9.21. The molecule has 0 atom stereocenters. The van der Waals surface area contributed by atoms with Crippen LogP contribution in [0.2, 0.25) is 0 Å². The lowest BCUT2D eigenvalue weighted by atomic mass is 9.79. The third-order valence-electron chi connectivity index (χ3n) is 4.17. The molecular weight excluding hydrogens is 284 g/mol. The van der Waals surface area contributed by atoms with E-state index >= 15 is 0 Å². The predicted octanol–water partition coefficient (Wildman–Crippen LogP) is 2.63. The van der Waals surface area contributed by atoms with E-state index in [-0.39, 0.29) is 10.9 Å². The van der Waals surface area contributed by atoms with Crippen molar-refractivity contribution in [2.45, 2.75) is 33.6 Å². The van der Waals surface area contributed by atoms with Gasteiger partial charge in [-0.3, -0.25) is 4.79 Å². The van der Waals surface area contributed by atoms with E-state index in [2.05, 4.69) is 17.4 Å². The van der Waals surface area contributed by atoms with Crippen LogP contribution in [0.3, 0.4) is 0 Å². The molecule has 4 nitrogen and oxygen atoms in total. The average molecular weight is 306 g/mol. The molecule has 0 unspecified atom stereocenters. The first-order valence-electron chi connectivity index (χ1n) is 7.14. The monoisotopic (exact) mass is 306 g/mol. The van der Waals surface area contributed by atoms with Crippen LogP contribution in [0.4, 0.5) is 5.69 Å². The van der Waals surface area contributed by atoms with Gasteiger partial charge >= 0.3 is 0 Å². The number of carbonyl (C=O) groups excluding carboxylic acids is 1. The van der Waals surface area contributed by atoms with Crippen LogP contribution in [0, 0.1) is 26.2 Å². The van der Waals surface area contributed by atoms with Crippen molar-refractivity contribution in [3.63, 3.8) is 0 Å². The number of thiocarbonyl (C=S) groups is 1.